The highest BCUT2D eigenvalue weighted by molar-refractivity contribution is 7.90. The number of amides is 1. The predicted molar refractivity (Wildman–Crippen MR) is 84.9 cm³/mol. The number of hydrogen-bond acceptors (Lipinski definition) is 6. The number of benzene rings is 1. The molecule has 25 heavy (non-hydrogen) atoms. The van der Waals surface area contributed by atoms with Crippen LogP contribution in [0.15, 0.2) is 24.3 Å². The topological polar surface area (TPSA) is 110 Å². The molecule has 2 atom stereocenters. The second-order valence-electron chi connectivity index (χ2n) is 5.22. The van der Waals surface area contributed by atoms with Crippen molar-refractivity contribution in [3.05, 3.63) is 29.8 Å². The Hall–Kier alpha value is -2.07. The van der Waals surface area contributed by atoms with Gasteiger partial charge < -0.3 is 20.0 Å². The summed E-state index contributed by atoms with van der Waals surface area (Å²) in [5, 5.41) is 11.9. The molecule has 0 radical (unpaired) electrons. The number of halogens is 2. The maximum absolute atomic E-state index is 12.3. The van der Waals surface area contributed by atoms with E-state index in [1.54, 1.807) is 6.92 Å². The number of aldehydes is 1. The van der Waals surface area contributed by atoms with Crippen LogP contribution in [0.3, 0.4) is 0 Å². The molecule has 0 spiro atoms. The lowest BCUT2D eigenvalue weighted by Crippen LogP contribution is -2.44. The number of hydrogen-bond donors (Lipinski definition) is 2. The van der Waals surface area contributed by atoms with Crippen LogP contribution in [0.4, 0.5) is 8.78 Å². The van der Waals surface area contributed by atoms with Gasteiger partial charge in [-0.15, -0.1) is 0 Å². The Balaban J connectivity index is 2.79. The molecule has 1 rings (SSSR count). The molecular formula is C15H19F2NO6S. The van der Waals surface area contributed by atoms with Crippen LogP contribution < -0.4 is 10.1 Å². The number of rotatable bonds is 10. The minimum Gasteiger partial charge on any atom is -0.435 e. The fourth-order valence-corrected chi connectivity index (χ4v) is 3.42. The molecule has 1 unspecified atom stereocenters. The number of para-hydroxylation sites is 1. The summed E-state index contributed by atoms with van der Waals surface area (Å²) in [4.78, 5) is 22.4. The first-order valence-electron chi connectivity index (χ1n) is 7.35. The lowest BCUT2D eigenvalue weighted by atomic mass is 10.2. The third-order valence-corrected chi connectivity index (χ3v) is 4.78. The Morgan fingerprint density at radius 3 is 2.56 bits per heavy atom. The first kappa shape index (κ1) is 21.0. The van der Waals surface area contributed by atoms with Gasteiger partial charge in [-0.1, -0.05) is 25.1 Å². The molecule has 0 saturated heterocycles. The maximum Gasteiger partial charge on any atom is 0.387 e. The Labute approximate surface area is 143 Å². The van der Waals surface area contributed by atoms with Crippen molar-refractivity contribution in [3.8, 4) is 5.75 Å². The van der Waals surface area contributed by atoms with Gasteiger partial charge in [0.05, 0.1) is 17.5 Å². The highest BCUT2D eigenvalue weighted by atomic mass is 32.2. The predicted octanol–water partition coefficient (Wildman–Crippen LogP) is 0.657. The monoisotopic (exact) mass is 379 g/mol. The van der Waals surface area contributed by atoms with Crippen molar-refractivity contribution in [1.82, 2.24) is 5.32 Å². The number of ether oxygens (including phenoxy) is 1. The molecule has 0 bridgehead atoms. The van der Waals surface area contributed by atoms with Crippen molar-refractivity contribution in [1.29, 1.82) is 0 Å². The molecule has 1 aromatic rings. The molecule has 140 valence electrons. The Morgan fingerprint density at radius 1 is 1.36 bits per heavy atom. The van der Waals surface area contributed by atoms with Crippen LogP contribution in [-0.2, 0) is 25.2 Å². The Bertz CT molecular complexity index is 695. The highest BCUT2D eigenvalue weighted by Crippen LogP contribution is 2.22. The smallest absolute Gasteiger partial charge is 0.387 e. The third kappa shape index (κ3) is 7.14. The molecule has 0 aliphatic heterocycles. The van der Waals surface area contributed by atoms with Gasteiger partial charge in [-0.2, -0.15) is 8.78 Å². The minimum absolute atomic E-state index is 0.0188. The summed E-state index contributed by atoms with van der Waals surface area (Å²) in [6.45, 7) is -1.49. The van der Waals surface area contributed by atoms with E-state index in [-0.39, 0.29) is 17.7 Å². The largest absolute Gasteiger partial charge is 0.435 e. The summed E-state index contributed by atoms with van der Waals surface area (Å²) in [5.41, 5.74) is -0.0188. The van der Waals surface area contributed by atoms with Gasteiger partial charge in [0.2, 0.25) is 5.91 Å². The number of aliphatic hydroxyl groups is 1. The van der Waals surface area contributed by atoms with Crippen LogP contribution in [0.2, 0.25) is 0 Å². The highest BCUT2D eigenvalue weighted by Gasteiger charge is 2.26. The molecule has 2 N–H and O–H groups in total. The molecule has 0 aliphatic carbocycles. The van der Waals surface area contributed by atoms with Crippen LogP contribution in [0, 0.1) is 0 Å². The van der Waals surface area contributed by atoms with Gasteiger partial charge in [0.1, 0.15) is 18.1 Å². The standard InChI is InChI=1S/C15H19F2NO6S/c1-2-11(7-19)18-14(21)12(20)9-25(22,23)8-10-5-3-4-6-13(10)24-15(16)17/h3-7,11-12,15,20H,2,8-9H2,1H3,(H,18,21)/t11-,12?/m0/s1. The van der Waals surface area contributed by atoms with Gasteiger partial charge in [0.25, 0.3) is 0 Å². The van der Waals surface area contributed by atoms with Gasteiger partial charge in [0, 0.05) is 5.56 Å². The number of nitrogens with one attached hydrogen (secondary N) is 1. The Morgan fingerprint density at radius 2 is 2.00 bits per heavy atom. The van der Waals surface area contributed by atoms with Gasteiger partial charge in [-0.3, -0.25) is 4.79 Å². The van der Waals surface area contributed by atoms with Crippen molar-refractivity contribution in [2.45, 2.75) is 37.9 Å². The van der Waals surface area contributed by atoms with E-state index in [0.29, 0.717) is 6.29 Å². The van der Waals surface area contributed by atoms with E-state index in [1.807, 2.05) is 0 Å². The molecule has 0 aromatic heterocycles. The van der Waals surface area contributed by atoms with E-state index in [1.165, 1.54) is 24.3 Å². The molecule has 0 heterocycles. The number of carbonyl (C=O) groups excluding carboxylic acids is 2. The lowest BCUT2D eigenvalue weighted by molar-refractivity contribution is -0.130. The van der Waals surface area contributed by atoms with Crippen LogP contribution in [0.1, 0.15) is 18.9 Å². The first-order valence-corrected chi connectivity index (χ1v) is 9.17. The zero-order valence-electron chi connectivity index (χ0n) is 13.4. The average molecular weight is 379 g/mol. The van der Waals surface area contributed by atoms with Crippen molar-refractivity contribution in [2.75, 3.05) is 5.75 Å². The molecule has 0 fully saturated rings. The number of carbonyl (C=O) groups is 2. The normalized spacial score (nSPS) is 14.0. The van der Waals surface area contributed by atoms with E-state index in [4.69, 9.17) is 0 Å². The molecule has 1 aromatic carbocycles. The van der Waals surface area contributed by atoms with Gasteiger partial charge >= 0.3 is 6.61 Å². The Kier molecular flexibility index (Phi) is 7.91. The zero-order chi connectivity index (χ0) is 19.0. The van der Waals surface area contributed by atoms with Gasteiger partial charge in [-0.25, -0.2) is 8.42 Å². The van der Waals surface area contributed by atoms with E-state index >= 15 is 0 Å². The average Bonchev–Trinajstić information content (AvgIpc) is 2.53. The maximum atomic E-state index is 12.3. The molecule has 0 aliphatic rings. The van der Waals surface area contributed by atoms with Crippen molar-refractivity contribution < 1.29 is 36.6 Å². The summed E-state index contributed by atoms with van der Waals surface area (Å²) >= 11 is 0. The first-order chi connectivity index (χ1) is 11.7. The number of aliphatic hydroxyl groups excluding tert-OH is 1. The number of sulfone groups is 1. The van der Waals surface area contributed by atoms with E-state index in [0.717, 1.165) is 0 Å². The quantitative estimate of drug-likeness (QED) is 0.578. The molecule has 7 nitrogen and oxygen atoms in total. The molecule has 0 saturated carbocycles. The zero-order valence-corrected chi connectivity index (χ0v) is 14.2. The van der Waals surface area contributed by atoms with Crippen LogP contribution >= 0.6 is 0 Å². The lowest BCUT2D eigenvalue weighted by Gasteiger charge is -2.15. The van der Waals surface area contributed by atoms with Gasteiger partial charge in [-0.05, 0) is 12.5 Å². The van der Waals surface area contributed by atoms with Crippen LogP contribution in [-0.4, -0.2) is 50.2 Å². The second-order valence-corrected chi connectivity index (χ2v) is 7.33. The van der Waals surface area contributed by atoms with E-state index < -0.39 is 46.0 Å². The summed E-state index contributed by atoms with van der Waals surface area (Å²) < 4.78 is 53.2. The second kappa shape index (κ2) is 9.42. The summed E-state index contributed by atoms with van der Waals surface area (Å²) in [7, 11) is -4.01. The molecular weight excluding hydrogens is 360 g/mol. The fourth-order valence-electron chi connectivity index (χ4n) is 1.96. The number of alkyl halides is 2. The summed E-state index contributed by atoms with van der Waals surface area (Å²) in [6, 6.07) is 4.50. The van der Waals surface area contributed by atoms with Crippen molar-refractivity contribution >= 4 is 22.0 Å². The van der Waals surface area contributed by atoms with Gasteiger partial charge in [0.15, 0.2) is 9.84 Å². The minimum atomic E-state index is -4.01. The third-order valence-electron chi connectivity index (χ3n) is 3.21. The van der Waals surface area contributed by atoms with E-state index in [9.17, 15) is 31.9 Å². The summed E-state index contributed by atoms with van der Waals surface area (Å²) in [5.74, 6) is -2.91. The fraction of sp³-hybridized carbons (Fsp3) is 0.467. The molecule has 10 heteroatoms. The van der Waals surface area contributed by atoms with Crippen molar-refractivity contribution in [3.63, 3.8) is 0 Å². The summed E-state index contributed by atoms with van der Waals surface area (Å²) in [6.07, 6.45) is -1.13. The van der Waals surface area contributed by atoms with Crippen molar-refractivity contribution in [2.24, 2.45) is 0 Å². The SMILES string of the molecule is CC[C@@H](C=O)NC(=O)C(O)CS(=O)(=O)Cc1ccccc1OC(F)F. The van der Waals surface area contributed by atoms with Crippen LogP contribution in [0.5, 0.6) is 5.75 Å². The molecule has 1 amide bonds. The van der Waals surface area contributed by atoms with E-state index in [2.05, 4.69) is 10.1 Å². The van der Waals surface area contributed by atoms with Crippen LogP contribution in [0.25, 0.3) is 0 Å².